The molecule has 2 heterocycles. The lowest BCUT2D eigenvalue weighted by molar-refractivity contribution is -0.161. The summed E-state index contributed by atoms with van der Waals surface area (Å²) >= 11 is 0. The summed E-state index contributed by atoms with van der Waals surface area (Å²) < 4.78 is 35.6. The number of nitrogens with one attached hydrogen (secondary N) is 1. The zero-order chi connectivity index (χ0) is 24.5. The normalized spacial score (nSPS) is 19.1. The Hall–Kier alpha value is -2.81. The third-order valence-corrected chi connectivity index (χ3v) is 7.87. The highest BCUT2D eigenvalue weighted by Crippen LogP contribution is 2.50. The van der Waals surface area contributed by atoms with E-state index in [1.807, 2.05) is 19.9 Å². The van der Waals surface area contributed by atoms with Gasteiger partial charge in [-0.15, -0.1) is 0 Å². The van der Waals surface area contributed by atoms with Gasteiger partial charge < -0.3 is 14.4 Å². The highest BCUT2D eigenvalue weighted by molar-refractivity contribution is 7.92. The fourth-order valence-corrected chi connectivity index (χ4v) is 6.09. The molecule has 1 atom stereocenters. The van der Waals surface area contributed by atoms with Gasteiger partial charge in [-0.2, -0.15) is 8.42 Å². The van der Waals surface area contributed by atoms with Crippen LogP contribution >= 0.6 is 0 Å². The van der Waals surface area contributed by atoms with Crippen molar-refractivity contribution < 1.29 is 23.1 Å². The molecule has 0 radical (unpaired) electrons. The lowest BCUT2D eigenvalue weighted by Gasteiger charge is -2.38. The second-order valence-electron chi connectivity index (χ2n) is 9.53. The number of anilines is 1. The largest absolute Gasteiger partial charge is 0.512 e. The van der Waals surface area contributed by atoms with E-state index in [1.54, 1.807) is 29.8 Å². The molecule has 1 aliphatic carbocycles. The van der Waals surface area contributed by atoms with Crippen molar-refractivity contribution in [2.75, 3.05) is 4.72 Å². The van der Waals surface area contributed by atoms with Crippen molar-refractivity contribution in [2.24, 2.45) is 13.0 Å². The van der Waals surface area contributed by atoms with E-state index in [0.29, 0.717) is 30.5 Å². The van der Waals surface area contributed by atoms with Crippen LogP contribution in [0.2, 0.25) is 0 Å². The van der Waals surface area contributed by atoms with E-state index in [2.05, 4.69) is 9.71 Å². The number of hydrogen-bond donors (Lipinski definition) is 2. The summed E-state index contributed by atoms with van der Waals surface area (Å²) in [4.78, 5) is 17.2. The predicted octanol–water partition coefficient (Wildman–Crippen LogP) is 4.81. The molecule has 34 heavy (non-hydrogen) atoms. The van der Waals surface area contributed by atoms with Crippen LogP contribution in [0.5, 0.6) is 0 Å². The minimum Gasteiger partial charge on any atom is -0.512 e. The molecule has 1 aromatic heterocycles. The van der Waals surface area contributed by atoms with Gasteiger partial charge in [-0.3, -0.25) is 4.72 Å². The Morgan fingerprint density at radius 1 is 1.26 bits per heavy atom. The lowest BCUT2D eigenvalue weighted by atomic mass is 9.79. The summed E-state index contributed by atoms with van der Waals surface area (Å²) in [7, 11) is -2.15. The van der Waals surface area contributed by atoms with Gasteiger partial charge in [0.05, 0.1) is 11.9 Å². The van der Waals surface area contributed by atoms with Crippen molar-refractivity contribution in [2.45, 2.75) is 75.3 Å². The van der Waals surface area contributed by atoms with Crippen molar-refractivity contribution in [1.82, 2.24) is 9.55 Å². The molecule has 1 aromatic carbocycles. The van der Waals surface area contributed by atoms with Crippen molar-refractivity contribution in [3.63, 3.8) is 0 Å². The summed E-state index contributed by atoms with van der Waals surface area (Å²) in [5.41, 5.74) is 0.822. The quantitative estimate of drug-likeness (QED) is 0.465. The van der Waals surface area contributed by atoms with Gasteiger partial charge in [-0.05, 0) is 49.3 Å². The number of benzene rings is 1. The molecule has 0 spiro atoms. The van der Waals surface area contributed by atoms with Crippen LogP contribution in [0.4, 0.5) is 5.69 Å². The van der Waals surface area contributed by atoms with Gasteiger partial charge in [0.2, 0.25) is 0 Å². The van der Waals surface area contributed by atoms with Crippen LogP contribution in [0.3, 0.4) is 0 Å². The summed E-state index contributed by atoms with van der Waals surface area (Å²) in [5, 5.41) is 11.0. The fraction of sp³-hybridized carbons (Fsp3) is 0.520. The first-order valence-corrected chi connectivity index (χ1v) is 13.4. The van der Waals surface area contributed by atoms with Gasteiger partial charge >= 0.3 is 5.97 Å². The zero-order valence-electron chi connectivity index (χ0n) is 20.0. The predicted molar refractivity (Wildman–Crippen MR) is 129 cm³/mol. The van der Waals surface area contributed by atoms with E-state index in [9.17, 15) is 18.3 Å². The van der Waals surface area contributed by atoms with Gasteiger partial charge in [0.15, 0.2) is 5.03 Å². The van der Waals surface area contributed by atoms with Crippen LogP contribution in [-0.4, -0.2) is 34.6 Å². The third kappa shape index (κ3) is 4.99. The molecule has 2 aromatic rings. The van der Waals surface area contributed by atoms with E-state index >= 15 is 0 Å². The van der Waals surface area contributed by atoms with E-state index < -0.39 is 21.6 Å². The number of aryl methyl sites for hydroxylation is 1. The topological polar surface area (TPSA) is 111 Å². The van der Waals surface area contributed by atoms with E-state index in [4.69, 9.17) is 4.74 Å². The molecule has 2 N–H and O–H groups in total. The molecule has 9 heteroatoms. The Morgan fingerprint density at radius 2 is 1.97 bits per heavy atom. The number of imidazole rings is 1. The summed E-state index contributed by atoms with van der Waals surface area (Å²) in [6.07, 6.45) is 8.20. The Morgan fingerprint density at radius 3 is 2.53 bits per heavy atom. The Balaban J connectivity index is 1.65. The SMILES string of the molecule is CCCC1(CCC)CC(O)=C(C(c2cccc(NS(=O)(=O)c3cn(C)cn3)c2)C2CC2)C(=O)O1. The number of sulfonamides is 1. The summed E-state index contributed by atoms with van der Waals surface area (Å²) in [5.74, 6) is -0.484. The first kappa shape index (κ1) is 24.3. The van der Waals surface area contributed by atoms with Crippen molar-refractivity contribution in [3.8, 4) is 0 Å². The van der Waals surface area contributed by atoms with Crippen LogP contribution in [-0.2, 0) is 26.6 Å². The van der Waals surface area contributed by atoms with E-state index in [-0.39, 0.29) is 22.6 Å². The lowest BCUT2D eigenvalue weighted by Crippen LogP contribution is -2.41. The van der Waals surface area contributed by atoms with Crippen LogP contribution < -0.4 is 4.72 Å². The van der Waals surface area contributed by atoms with Crippen LogP contribution in [0.15, 0.2) is 53.1 Å². The molecule has 1 unspecified atom stereocenters. The number of esters is 1. The minimum absolute atomic E-state index is 0.0708. The Bertz CT molecular complexity index is 1190. The number of aliphatic hydroxyl groups excluding tert-OH is 1. The minimum atomic E-state index is -3.85. The van der Waals surface area contributed by atoms with Crippen LogP contribution in [0.1, 0.15) is 70.3 Å². The first-order chi connectivity index (χ1) is 16.2. The van der Waals surface area contributed by atoms with Crippen LogP contribution in [0, 0.1) is 5.92 Å². The molecule has 1 fully saturated rings. The summed E-state index contributed by atoms with van der Waals surface area (Å²) in [6.45, 7) is 4.10. The molecule has 1 saturated carbocycles. The second kappa shape index (κ2) is 9.44. The molecular weight excluding hydrogens is 454 g/mol. The molecule has 1 aliphatic heterocycles. The van der Waals surface area contributed by atoms with Gasteiger partial charge in [-0.1, -0.05) is 38.8 Å². The summed E-state index contributed by atoms with van der Waals surface area (Å²) in [6, 6.07) is 7.02. The number of aromatic nitrogens is 2. The van der Waals surface area contributed by atoms with E-state index in [1.165, 1.54) is 12.5 Å². The highest BCUT2D eigenvalue weighted by Gasteiger charge is 2.46. The molecular formula is C25H33N3O5S. The second-order valence-corrected chi connectivity index (χ2v) is 11.2. The smallest absolute Gasteiger partial charge is 0.338 e. The standard InChI is InChI=1S/C25H33N3O5S/c1-4-11-25(12-5-2)14-20(29)23(24(30)33-25)22(17-9-10-17)18-7-6-8-19(13-18)27-34(31,32)21-15-28(3)16-26-21/h6-8,13,15-17,22,27,29H,4-5,9-12,14H2,1-3H3. The molecule has 8 nitrogen and oxygen atoms in total. The number of carbonyl (C=O) groups excluding carboxylic acids is 1. The number of rotatable bonds is 10. The van der Waals surface area contributed by atoms with Gasteiger partial charge in [-0.25, -0.2) is 9.78 Å². The molecule has 2 aliphatic rings. The van der Waals surface area contributed by atoms with E-state index in [0.717, 1.165) is 31.2 Å². The molecule has 0 saturated heterocycles. The third-order valence-electron chi connectivity index (χ3n) is 6.60. The number of nitrogens with zero attached hydrogens (tertiary/aromatic N) is 2. The molecule has 0 bridgehead atoms. The number of ether oxygens (including phenoxy) is 1. The maximum absolute atomic E-state index is 13.3. The number of hydrogen-bond acceptors (Lipinski definition) is 6. The molecule has 0 amide bonds. The van der Waals surface area contributed by atoms with Gasteiger partial charge in [0.1, 0.15) is 11.4 Å². The van der Waals surface area contributed by atoms with Gasteiger partial charge in [0, 0.05) is 31.3 Å². The Labute approximate surface area is 201 Å². The Kier molecular flexibility index (Phi) is 6.75. The maximum atomic E-state index is 13.3. The molecule has 184 valence electrons. The average Bonchev–Trinajstić information content (AvgIpc) is 3.49. The van der Waals surface area contributed by atoms with Crippen molar-refractivity contribution in [1.29, 1.82) is 0 Å². The fourth-order valence-electron chi connectivity index (χ4n) is 5.06. The molecule has 4 rings (SSSR count). The van der Waals surface area contributed by atoms with Gasteiger partial charge in [0.25, 0.3) is 10.0 Å². The monoisotopic (exact) mass is 487 g/mol. The number of aliphatic hydroxyl groups is 1. The average molecular weight is 488 g/mol. The number of cyclic esters (lactones) is 1. The van der Waals surface area contributed by atoms with Crippen molar-refractivity contribution in [3.05, 3.63) is 53.7 Å². The maximum Gasteiger partial charge on any atom is 0.338 e. The number of carbonyl (C=O) groups is 1. The van der Waals surface area contributed by atoms with Crippen molar-refractivity contribution >= 4 is 21.7 Å². The van der Waals surface area contributed by atoms with Crippen LogP contribution in [0.25, 0.3) is 0 Å². The zero-order valence-corrected chi connectivity index (χ0v) is 20.8. The highest BCUT2D eigenvalue weighted by atomic mass is 32.2. The first-order valence-electron chi connectivity index (χ1n) is 11.9.